The fourth-order valence-corrected chi connectivity index (χ4v) is 1.90. The van der Waals surface area contributed by atoms with Gasteiger partial charge < -0.3 is 4.74 Å². The van der Waals surface area contributed by atoms with Crippen LogP contribution in [0.25, 0.3) is 0 Å². The van der Waals surface area contributed by atoms with E-state index in [4.69, 9.17) is 10.6 Å². The fraction of sp³-hybridized carbons (Fsp3) is 0.214. The highest BCUT2D eigenvalue weighted by atomic mass is 19.1. The maximum Gasteiger partial charge on any atom is 0.165 e. The van der Waals surface area contributed by atoms with Crippen molar-refractivity contribution in [3.63, 3.8) is 0 Å². The minimum Gasteiger partial charge on any atom is -0.494 e. The van der Waals surface area contributed by atoms with Gasteiger partial charge in [-0.2, -0.15) is 0 Å². The Kier molecular flexibility index (Phi) is 4.43. The zero-order valence-corrected chi connectivity index (χ0v) is 10.6. The lowest BCUT2D eigenvalue weighted by molar-refractivity contribution is 0.386. The molecule has 4 nitrogen and oxygen atoms in total. The molecule has 100 valence electrons. The van der Waals surface area contributed by atoms with Gasteiger partial charge in [-0.05, 0) is 36.2 Å². The zero-order valence-electron chi connectivity index (χ0n) is 10.6. The number of nitrogens with two attached hydrogens (primary N) is 1. The third-order valence-electron chi connectivity index (χ3n) is 2.90. The van der Waals surface area contributed by atoms with Crippen molar-refractivity contribution in [2.24, 2.45) is 5.84 Å². The zero-order chi connectivity index (χ0) is 13.7. The van der Waals surface area contributed by atoms with Gasteiger partial charge in [-0.1, -0.05) is 12.1 Å². The molecule has 2 aromatic rings. The molecular weight excluding hydrogens is 245 g/mol. The Morgan fingerprint density at radius 1 is 1.37 bits per heavy atom. The molecule has 1 aromatic carbocycles. The van der Waals surface area contributed by atoms with Crippen molar-refractivity contribution >= 4 is 0 Å². The molecule has 5 heteroatoms. The largest absolute Gasteiger partial charge is 0.494 e. The molecule has 1 heterocycles. The van der Waals surface area contributed by atoms with Gasteiger partial charge >= 0.3 is 0 Å². The second-order valence-corrected chi connectivity index (χ2v) is 4.15. The van der Waals surface area contributed by atoms with E-state index in [-0.39, 0.29) is 17.6 Å². The van der Waals surface area contributed by atoms with Gasteiger partial charge in [0.25, 0.3) is 0 Å². The molecule has 19 heavy (non-hydrogen) atoms. The van der Waals surface area contributed by atoms with Crippen LogP contribution in [0.15, 0.2) is 42.6 Å². The van der Waals surface area contributed by atoms with E-state index in [2.05, 4.69) is 10.4 Å². The van der Waals surface area contributed by atoms with Gasteiger partial charge in [-0.15, -0.1) is 0 Å². The summed E-state index contributed by atoms with van der Waals surface area (Å²) in [6.07, 6.45) is 2.25. The summed E-state index contributed by atoms with van der Waals surface area (Å²) in [6.45, 7) is 0. The summed E-state index contributed by atoms with van der Waals surface area (Å²) in [5, 5.41) is 0. The number of methoxy groups -OCH3 is 1. The SMILES string of the molecule is COc1ccc(CC(NN)c2ccccn2)cc1F. The Labute approximate surface area is 111 Å². The van der Waals surface area contributed by atoms with Crippen molar-refractivity contribution in [2.75, 3.05) is 7.11 Å². The van der Waals surface area contributed by atoms with Crippen LogP contribution in [0.2, 0.25) is 0 Å². The lowest BCUT2D eigenvalue weighted by Gasteiger charge is -2.15. The molecule has 0 saturated carbocycles. The van der Waals surface area contributed by atoms with Crippen LogP contribution in [0.1, 0.15) is 17.3 Å². The first kappa shape index (κ1) is 13.5. The lowest BCUT2D eigenvalue weighted by Crippen LogP contribution is -2.30. The van der Waals surface area contributed by atoms with Gasteiger partial charge in [0.2, 0.25) is 0 Å². The molecule has 3 N–H and O–H groups in total. The van der Waals surface area contributed by atoms with E-state index in [1.807, 2.05) is 24.3 Å². The molecule has 0 aliphatic rings. The Hall–Kier alpha value is -1.98. The summed E-state index contributed by atoms with van der Waals surface area (Å²) in [6, 6.07) is 10.3. The highest BCUT2D eigenvalue weighted by Crippen LogP contribution is 2.21. The van der Waals surface area contributed by atoms with Crippen LogP contribution < -0.4 is 16.0 Å². The van der Waals surface area contributed by atoms with Crippen LogP contribution in [0, 0.1) is 5.82 Å². The molecule has 0 bridgehead atoms. The number of ether oxygens (including phenoxy) is 1. The Bertz CT molecular complexity index is 533. The maximum atomic E-state index is 13.6. The van der Waals surface area contributed by atoms with E-state index >= 15 is 0 Å². The number of hydrazine groups is 1. The average molecular weight is 261 g/mol. The first-order valence-electron chi connectivity index (χ1n) is 5.94. The van der Waals surface area contributed by atoms with E-state index < -0.39 is 0 Å². The molecule has 0 saturated heterocycles. The normalized spacial score (nSPS) is 12.2. The summed E-state index contributed by atoms with van der Waals surface area (Å²) >= 11 is 0. The van der Waals surface area contributed by atoms with Gasteiger partial charge in [0.05, 0.1) is 18.8 Å². The molecule has 1 unspecified atom stereocenters. The van der Waals surface area contributed by atoms with Gasteiger partial charge in [-0.25, -0.2) is 4.39 Å². The number of hydrogen-bond donors (Lipinski definition) is 2. The van der Waals surface area contributed by atoms with Crippen molar-refractivity contribution in [3.05, 3.63) is 59.7 Å². The van der Waals surface area contributed by atoms with Crippen LogP contribution in [0.5, 0.6) is 5.75 Å². The second kappa shape index (κ2) is 6.26. The van der Waals surface area contributed by atoms with Gasteiger partial charge in [0, 0.05) is 6.20 Å². The first-order valence-corrected chi connectivity index (χ1v) is 5.94. The molecule has 0 aliphatic heterocycles. The van der Waals surface area contributed by atoms with E-state index in [1.54, 1.807) is 12.3 Å². The molecule has 0 amide bonds. The Balaban J connectivity index is 2.17. The Morgan fingerprint density at radius 3 is 2.79 bits per heavy atom. The summed E-state index contributed by atoms with van der Waals surface area (Å²) in [5.74, 6) is 5.40. The molecule has 0 fully saturated rings. The van der Waals surface area contributed by atoms with E-state index in [9.17, 15) is 4.39 Å². The standard InChI is InChI=1S/C14H16FN3O/c1-19-14-6-5-10(8-11(14)15)9-13(18-16)12-4-2-3-7-17-12/h2-8,13,18H,9,16H2,1H3. The lowest BCUT2D eigenvalue weighted by atomic mass is 10.0. The third kappa shape index (κ3) is 3.27. The number of rotatable bonds is 5. The van der Waals surface area contributed by atoms with Crippen molar-refractivity contribution in [3.8, 4) is 5.75 Å². The highest BCUT2D eigenvalue weighted by Gasteiger charge is 2.13. The number of aromatic nitrogens is 1. The molecule has 1 atom stereocenters. The highest BCUT2D eigenvalue weighted by molar-refractivity contribution is 5.30. The summed E-state index contributed by atoms with van der Waals surface area (Å²) < 4.78 is 18.5. The fourth-order valence-electron chi connectivity index (χ4n) is 1.90. The summed E-state index contributed by atoms with van der Waals surface area (Å²) in [7, 11) is 1.44. The van der Waals surface area contributed by atoms with Crippen molar-refractivity contribution in [1.82, 2.24) is 10.4 Å². The van der Waals surface area contributed by atoms with Crippen LogP contribution >= 0.6 is 0 Å². The predicted octanol–water partition coefficient (Wildman–Crippen LogP) is 1.98. The van der Waals surface area contributed by atoms with E-state index in [0.29, 0.717) is 6.42 Å². The molecule has 0 spiro atoms. The van der Waals surface area contributed by atoms with Gasteiger partial charge in [-0.3, -0.25) is 16.3 Å². The number of nitrogens with one attached hydrogen (secondary N) is 1. The van der Waals surface area contributed by atoms with Crippen LogP contribution in [-0.4, -0.2) is 12.1 Å². The first-order chi connectivity index (χ1) is 9.24. The number of benzene rings is 1. The quantitative estimate of drug-likeness (QED) is 0.638. The van der Waals surface area contributed by atoms with Crippen molar-refractivity contribution in [1.29, 1.82) is 0 Å². The van der Waals surface area contributed by atoms with Gasteiger partial charge in [0.15, 0.2) is 11.6 Å². The molecular formula is C14H16FN3O. The predicted molar refractivity (Wildman–Crippen MR) is 71.0 cm³/mol. The summed E-state index contributed by atoms with van der Waals surface area (Å²) in [5.41, 5.74) is 4.35. The van der Waals surface area contributed by atoms with E-state index in [1.165, 1.54) is 13.2 Å². The smallest absolute Gasteiger partial charge is 0.165 e. The van der Waals surface area contributed by atoms with E-state index in [0.717, 1.165) is 11.3 Å². The molecule has 2 rings (SSSR count). The van der Waals surface area contributed by atoms with Crippen LogP contribution in [-0.2, 0) is 6.42 Å². The Morgan fingerprint density at radius 2 is 2.21 bits per heavy atom. The van der Waals surface area contributed by atoms with Crippen molar-refractivity contribution < 1.29 is 9.13 Å². The average Bonchev–Trinajstić information content (AvgIpc) is 2.46. The topological polar surface area (TPSA) is 60.2 Å². The monoisotopic (exact) mass is 261 g/mol. The molecule has 0 aliphatic carbocycles. The number of pyridine rings is 1. The minimum absolute atomic E-state index is 0.158. The molecule has 0 radical (unpaired) electrons. The summed E-state index contributed by atoms with van der Waals surface area (Å²) in [4.78, 5) is 4.24. The number of nitrogens with zero attached hydrogens (tertiary/aromatic N) is 1. The third-order valence-corrected chi connectivity index (χ3v) is 2.90. The minimum atomic E-state index is -0.378. The number of halogens is 1. The van der Waals surface area contributed by atoms with Crippen LogP contribution in [0.4, 0.5) is 4.39 Å². The second-order valence-electron chi connectivity index (χ2n) is 4.15. The van der Waals surface area contributed by atoms with Crippen LogP contribution in [0.3, 0.4) is 0 Å². The number of hydrogen-bond acceptors (Lipinski definition) is 4. The van der Waals surface area contributed by atoms with Gasteiger partial charge in [0.1, 0.15) is 0 Å². The molecule has 1 aromatic heterocycles. The maximum absolute atomic E-state index is 13.6. The van der Waals surface area contributed by atoms with Crippen molar-refractivity contribution in [2.45, 2.75) is 12.5 Å².